The molecule has 0 radical (unpaired) electrons. The van der Waals surface area contributed by atoms with Gasteiger partial charge in [0.15, 0.2) is 12.4 Å². The maximum Gasteiger partial charge on any atom is 0.176 e. The second-order valence-electron chi connectivity index (χ2n) is 2.09. The Bertz CT molecular complexity index is 258. The van der Waals surface area contributed by atoms with E-state index < -0.39 is 5.90 Å². The van der Waals surface area contributed by atoms with E-state index in [-0.39, 0.29) is 0 Å². The van der Waals surface area contributed by atoms with Crippen LogP contribution in [0.1, 0.15) is 5.56 Å². The summed E-state index contributed by atoms with van der Waals surface area (Å²) in [6.07, 6.45) is 3.43. The second kappa shape index (κ2) is 2.47. The first-order valence-electron chi connectivity index (χ1n) is 2.91. The fourth-order valence-corrected chi connectivity index (χ4v) is 0.722. The van der Waals surface area contributed by atoms with Crippen molar-refractivity contribution in [2.45, 2.75) is 0 Å². The average Bonchev–Trinajstić information content (AvgIpc) is 1.88. The lowest BCUT2D eigenvalue weighted by Gasteiger charge is -2.03. The predicted molar refractivity (Wildman–Crippen MR) is 34.4 cm³/mol. The molecule has 0 bridgehead atoms. The molecule has 0 aromatic carbocycles. The number of aromatic nitrogens is 1. The van der Waals surface area contributed by atoms with E-state index in [1.54, 1.807) is 22.9 Å². The van der Waals surface area contributed by atoms with Crippen LogP contribution in [0, 0.1) is 5.41 Å². The zero-order valence-electron chi connectivity index (χ0n) is 5.66. The molecule has 1 rings (SSSR count). The third-order valence-electron chi connectivity index (χ3n) is 1.20. The monoisotopic (exact) mass is 136 g/mol. The van der Waals surface area contributed by atoms with Gasteiger partial charge in [0.1, 0.15) is 7.05 Å². The molecule has 0 unspecified atom stereocenters. The molecule has 1 aromatic heterocycles. The highest BCUT2D eigenvalue weighted by molar-refractivity contribution is 5.87. The summed E-state index contributed by atoms with van der Waals surface area (Å²) in [7, 11) is 1.81. The second-order valence-corrected chi connectivity index (χ2v) is 2.09. The number of rotatable bonds is 1. The molecule has 3 nitrogen and oxygen atoms in total. The Morgan fingerprint density at radius 2 is 2.40 bits per heavy atom. The standard InChI is InChI=1S/C7H8N2O/c1-9-4-2-3-6(5-9)7(8)10/h2-5H,1H3,(H-,8,10). The molecule has 0 fully saturated rings. The molecule has 0 aliphatic heterocycles. The molecular formula is C7H8N2O. The predicted octanol–water partition coefficient (Wildman–Crippen LogP) is -0.803. The Hall–Kier alpha value is -1.38. The van der Waals surface area contributed by atoms with Gasteiger partial charge < -0.3 is 10.5 Å². The zero-order chi connectivity index (χ0) is 7.56. The van der Waals surface area contributed by atoms with Crippen LogP contribution in [0.2, 0.25) is 0 Å². The number of aryl methyl sites for hydroxylation is 1. The van der Waals surface area contributed by atoms with Gasteiger partial charge in [-0.15, -0.1) is 0 Å². The van der Waals surface area contributed by atoms with E-state index in [9.17, 15) is 5.11 Å². The van der Waals surface area contributed by atoms with Gasteiger partial charge in [0.25, 0.3) is 0 Å². The van der Waals surface area contributed by atoms with Gasteiger partial charge in [-0.1, -0.05) is 0 Å². The van der Waals surface area contributed by atoms with Gasteiger partial charge in [0, 0.05) is 11.6 Å². The lowest BCUT2D eigenvalue weighted by Crippen LogP contribution is -2.29. The van der Waals surface area contributed by atoms with Crippen molar-refractivity contribution in [1.29, 1.82) is 5.41 Å². The lowest BCUT2D eigenvalue weighted by atomic mass is 10.3. The highest BCUT2D eigenvalue weighted by Gasteiger charge is 1.94. The van der Waals surface area contributed by atoms with E-state index in [1.807, 2.05) is 13.2 Å². The maximum atomic E-state index is 10.5. The van der Waals surface area contributed by atoms with Crippen molar-refractivity contribution in [3.63, 3.8) is 0 Å². The minimum absolute atomic E-state index is 0.421. The summed E-state index contributed by atoms with van der Waals surface area (Å²) in [6, 6.07) is 3.36. The van der Waals surface area contributed by atoms with Crippen molar-refractivity contribution >= 4 is 5.90 Å². The number of hydrogen-bond donors (Lipinski definition) is 1. The first-order chi connectivity index (χ1) is 4.70. The van der Waals surface area contributed by atoms with Crippen LogP contribution in [-0.2, 0) is 7.05 Å². The minimum atomic E-state index is -0.642. The molecule has 0 aliphatic carbocycles. The minimum Gasteiger partial charge on any atom is -0.859 e. The van der Waals surface area contributed by atoms with E-state index in [4.69, 9.17) is 5.41 Å². The summed E-state index contributed by atoms with van der Waals surface area (Å²) in [5.41, 5.74) is 0.421. The van der Waals surface area contributed by atoms with E-state index in [0.29, 0.717) is 5.56 Å². The van der Waals surface area contributed by atoms with Crippen molar-refractivity contribution in [2.24, 2.45) is 7.05 Å². The van der Waals surface area contributed by atoms with Crippen molar-refractivity contribution in [2.75, 3.05) is 0 Å². The maximum absolute atomic E-state index is 10.5. The van der Waals surface area contributed by atoms with Gasteiger partial charge in [-0.25, -0.2) is 4.57 Å². The first-order valence-corrected chi connectivity index (χ1v) is 2.91. The van der Waals surface area contributed by atoms with E-state index in [1.165, 1.54) is 0 Å². The van der Waals surface area contributed by atoms with E-state index in [2.05, 4.69) is 0 Å². The van der Waals surface area contributed by atoms with Gasteiger partial charge in [-0.2, -0.15) is 0 Å². The van der Waals surface area contributed by atoms with E-state index >= 15 is 0 Å². The number of nitrogens with zero attached hydrogens (tertiary/aromatic N) is 1. The van der Waals surface area contributed by atoms with Crippen molar-refractivity contribution in [1.82, 2.24) is 0 Å². The van der Waals surface area contributed by atoms with Gasteiger partial charge in [-0.05, 0) is 12.0 Å². The fraction of sp³-hybridized carbons (Fsp3) is 0.143. The largest absolute Gasteiger partial charge is 0.859 e. The summed E-state index contributed by atoms with van der Waals surface area (Å²) in [4.78, 5) is 0. The molecule has 0 saturated heterocycles. The number of hydrogen-bond acceptors (Lipinski definition) is 2. The third kappa shape index (κ3) is 1.31. The molecule has 0 amide bonds. The molecule has 0 saturated carbocycles. The fourth-order valence-electron chi connectivity index (χ4n) is 0.722. The number of nitrogens with one attached hydrogen (secondary N) is 1. The molecule has 52 valence electrons. The summed E-state index contributed by atoms with van der Waals surface area (Å²) >= 11 is 0. The Morgan fingerprint density at radius 3 is 2.80 bits per heavy atom. The van der Waals surface area contributed by atoms with Gasteiger partial charge in [-0.3, -0.25) is 0 Å². The van der Waals surface area contributed by atoms with Crippen molar-refractivity contribution in [3.05, 3.63) is 30.1 Å². The Kier molecular flexibility index (Phi) is 1.67. The molecule has 10 heavy (non-hydrogen) atoms. The third-order valence-corrected chi connectivity index (χ3v) is 1.20. The van der Waals surface area contributed by atoms with Crippen LogP contribution in [0.3, 0.4) is 0 Å². The van der Waals surface area contributed by atoms with Crippen LogP contribution >= 0.6 is 0 Å². The molecule has 0 aliphatic rings. The Morgan fingerprint density at radius 1 is 1.70 bits per heavy atom. The van der Waals surface area contributed by atoms with E-state index in [0.717, 1.165) is 0 Å². The number of pyridine rings is 1. The summed E-state index contributed by atoms with van der Waals surface area (Å²) in [5.74, 6) is -0.642. The topological polar surface area (TPSA) is 50.8 Å². The molecule has 1 N–H and O–H groups in total. The van der Waals surface area contributed by atoms with Gasteiger partial charge in [0.2, 0.25) is 0 Å². The average molecular weight is 136 g/mol. The van der Waals surface area contributed by atoms with Gasteiger partial charge in [0.05, 0.1) is 0 Å². The van der Waals surface area contributed by atoms with Gasteiger partial charge >= 0.3 is 0 Å². The van der Waals surface area contributed by atoms with Crippen LogP contribution in [0.5, 0.6) is 0 Å². The van der Waals surface area contributed by atoms with Crippen LogP contribution in [0.15, 0.2) is 24.5 Å². The molecule has 1 heterocycles. The Balaban J connectivity index is 3.07. The van der Waals surface area contributed by atoms with Crippen LogP contribution in [0.25, 0.3) is 0 Å². The smallest absolute Gasteiger partial charge is 0.176 e. The molecule has 1 aromatic rings. The molecular weight excluding hydrogens is 128 g/mol. The zero-order valence-corrected chi connectivity index (χ0v) is 5.66. The van der Waals surface area contributed by atoms with Crippen molar-refractivity contribution in [3.8, 4) is 0 Å². The summed E-state index contributed by atoms with van der Waals surface area (Å²) in [5, 5.41) is 17.2. The molecule has 0 atom stereocenters. The quantitative estimate of drug-likeness (QED) is 0.306. The first kappa shape index (κ1) is 6.74. The SMILES string of the molecule is C[n+]1cccc(C(=N)[O-])c1. The molecule has 0 spiro atoms. The normalized spacial score (nSPS) is 9.30. The summed E-state index contributed by atoms with van der Waals surface area (Å²) < 4.78 is 1.74. The highest BCUT2D eigenvalue weighted by Crippen LogP contribution is 1.89. The summed E-state index contributed by atoms with van der Waals surface area (Å²) in [6.45, 7) is 0. The van der Waals surface area contributed by atoms with Crippen molar-refractivity contribution < 1.29 is 9.67 Å². The van der Waals surface area contributed by atoms with Crippen LogP contribution < -0.4 is 9.67 Å². The van der Waals surface area contributed by atoms with Crippen LogP contribution in [0.4, 0.5) is 0 Å². The lowest BCUT2D eigenvalue weighted by molar-refractivity contribution is -0.671. The Labute approximate surface area is 59.1 Å². The molecule has 3 heteroatoms. The highest BCUT2D eigenvalue weighted by atomic mass is 16.3. The van der Waals surface area contributed by atoms with Crippen LogP contribution in [-0.4, -0.2) is 5.90 Å².